The van der Waals surface area contributed by atoms with Gasteiger partial charge in [-0.15, -0.1) is 0 Å². The lowest BCUT2D eigenvalue weighted by atomic mass is 10.00. The molecule has 0 aliphatic heterocycles. The van der Waals surface area contributed by atoms with Crippen LogP contribution in [0.25, 0.3) is 0 Å². The van der Waals surface area contributed by atoms with Gasteiger partial charge in [0.15, 0.2) is 12.2 Å². The zero-order valence-electron chi connectivity index (χ0n) is 67.6. The Morgan fingerprint density at radius 2 is 0.495 bits per heavy atom. The Bertz CT molecular complexity index is 1980. The largest absolute Gasteiger partial charge is 0.472 e. The number of phosphoric ester groups is 2. The summed E-state index contributed by atoms with van der Waals surface area (Å²) in [4.78, 5) is 73.1. The van der Waals surface area contributed by atoms with Crippen LogP contribution in [0, 0.1) is 11.8 Å². The molecule has 0 aliphatic rings. The number of esters is 4. The van der Waals surface area contributed by atoms with Gasteiger partial charge in [0.1, 0.15) is 19.3 Å². The number of hydrogen-bond acceptors (Lipinski definition) is 15. The summed E-state index contributed by atoms with van der Waals surface area (Å²) in [5, 5.41) is 10.7. The maximum absolute atomic E-state index is 13.1. The quantitative estimate of drug-likeness (QED) is 0.0222. The Balaban J connectivity index is 5.23. The van der Waals surface area contributed by atoms with E-state index < -0.39 is 97.5 Å². The van der Waals surface area contributed by atoms with Crippen molar-refractivity contribution in [1.82, 2.24) is 0 Å². The van der Waals surface area contributed by atoms with Crippen LogP contribution in [0.5, 0.6) is 0 Å². The van der Waals surface area contributed by atoms with Crippen molar-refractivity contribution in [3.63, 3.8) is 0 Å². The fraction of sp³-hybridized carbons (Fsp3) is 0.952. The SMILES string of the molecule is CCCCCCCCCCCCCCCCCCCCCC(=O)OC[C@H](COP(=O)(O)OC[C@@H](O)COP(=O)(O)OC[C@@H](COC(=O)CCCCCCCCC(C)CC)OC(=O)CCCCCCCCCCCCCCC(C)C)OC(=O)CCCCCCCCCCCCCCCCCCCCC. The maximum atomic E-state index is 13.1. The van der Waals surface area contributed by atoms with E-state index in [1.54, 1.807) is 0 Å². The number of hydrogen-bond donors (Lipinski definition) is 3. The van der Waals surface area contributed by atoms with Crippen molar-refractivity contribution in [1.29, 1.82) is 0 Å². The monoisotopic (exact) mass is 1510 g/mol. The van der Waals surface area contributed by atoms with E-state index in [0.717, 1.165) is 108 Å². The third-order valence-electron chi connectivity index (χ3n) is 20.1. The minimum absolute atomic E-state index is 0.106. The number of carbonyl (C=O) groups excluding carboxylic acids is 4. The van der Waals surface area contributed by atoms with Crippen LogP contribution >= 0.6 is 15.6 Å². The topological polar surface area (TPSA) is 237 Å². The van der Waals surface area contributed by atoms with E-state index in [0.29, 0.717) is 25.7 Å². The lowest BCUT2D eigenvalue weighted by molar-refractivity contribution is -0.161. The Hall–Kier alpha value is -1.94. The molecule has 0 spiro atoms. The molecule has 19 heteroatoms. The molecule has 0 amide bonds. The van der Waals surface area contributed by atoms with Crippen LogP contribution in [-0.4, -0.2) is 96.7 Å². The first kappa shape index (κ1) is 101. The summed E-state index contributed by atoms with van der Waals surface area (Å²) < 4.78 is 68.8. The van der Waals surface area contributed by atoms with Crippen LogP contribution < -0.4 is 0 Å². The number of aliphatic hydroxyl groups is 1. The first-order valence-corrected chi connectivity index (χ1v) is 46.5. The Morgan fingerprint density at radius 1 is 0.282 bits per heavy atom. The van der Waals surface area contributed by atoms with E-state index in [1.165, 1.54) is 257 Å². The maximum Gasteiger partial charge on any atom is 0.472 e. The highest BCUT2D eigenvalue weighted by atomic mass is 31.2. The minimum atomic E-state index is -4.96. The molecule has 3 N–H and O–H groups in total. The Morgan fingerprint density at radius 3 is 0.738 bits per heavy atom. The summed E-state index contributed by atoms with van der Waals surface area (Å²) in [6.45, 7) is 9.62. The predicted molar refractivity (Wildman–Crippen MR) is 423 cm³/mol. The van der Waals surface area contributed by atoms with Crippen LogP contribution in [-0.2, 0) is 65.4 Å². The zero-order valence-corrected chi connectivity index (χ0v) is 69.4. The predicted octanol–water partition coefficient (Wildman–Crippen LogP) is 25.5. The Labute approximate surface area is 632 Å². The van der Waals surface area contributed by atoms with E-state index >= 15 is 0 Å². The second kappa shape index (κ2) is 75.5. The summed E-state index contributed by atoms with van der Waals surface area (Å²) in [7, 11) is -9.92. The van der Waals surface area contributed by atoms with Gasteiger partial charge in [-0.1, -0.05) is 395 Å². The summed E-state index contributed by atoms with van der Waals surface area (Å²) in [5.74, 6) is -0.599. The fourth-order valence-electron chi connectivity index (χ4n) is 13.0. The van der Waals surface area contributed by atoms with Crippen molar-refractivity contribution in [2.45, 2.75) is 464 Å². The molecule has 103 heavy (non-hydrogen) atoms. The lowest BCUT2D eigenvalue weighted by Crippen LogP contribution is -2.30. The molecule has 0 saturated carbocycles. The minimum Gasteiger partial charge on any atom is -0.462 e. The van der Waals surface area contributed by atoms with Crippen molar-refractivity contribution in [2.24, 2.45) is 11.8 Å². The van der Waals surface area contributed by atoms with Crippen LogP contribution in [0.15, 0.2) is 0 Å². The van der Waals surface area contributed by atoms with Gasteiger partial charge >= 0.3 is 39.5 Å². The number of unbranched alkanes of at least 4 members (excludes halogenated alkanes) is 52. The zero-order chi connectivity index (χ0) is 75.6. The number of ether oxygens (including phenoxy) is 4. The molecular formula is C84H164O17P2. The lowest BCUT2D eigenvalue weighted by Gasteiger charge is -2.21. The summed E-state index contributed by atoms with van der Waals surface area (Å²) in [6, 6.07) is 0. The normalized spacial score (nSPS) is 14.1. The summed E-state index contributed by atoms with van der Waals surface area (Å²) in [5.41, 5.74) is 0. The van der Waals surface area contributed by atoms with Crippen molar-refractivity contribution in [3.8, 4) is 0 Å². The van der Waals surface area contributed by atoms with Crippen LogP contribution in [0.2, 0.25) is 0 Å². The van der Waals surface area contributed by atoms with E-state index in [9.17, 15) is 43.2 Å². The number of carbonyl (C=O) groups is 4. The fourth-order valence-corrected chi connectivity index (χ4v) is 14.6. The molecule has 0 aromatic heterocycles. The molecule has 0 aromatic rings. The third kappa shape index (κ3) is 76.6. The van der Waals surface area contributed by atoms with Gasteiger partial charge in [0.05, 0.1) is 26.4 Å². The molecule has 0 rings (SSSR count). The van der Waals surface area contributed by atoms with Crippen molar-refractivity contribution < 1.29 is 80.2 Å². The van der Waals surface area contributed by atoms with E-state index in [-0.39, 0.29) is 25.7 Å². The molecule has 612 valence electrons. The van der Waals surface area contributed by atoms with Gasteiger partial charge in [-0.3, -0.25) is 37.3 Å². The summed E-state index contributed by atoms with van der Waals surface area (Å²) in [6.07, 6.45) is 66.7. The first-order chi connectivity index (χ1) is 49.9. The van der Waals surface area contributed by atoms with Gasteiger partial charge in [-0.05, 0) is 37.5 Å². The van der Waals surface area contributed by atoms with E-state index in [1.807, 2.05) is 0 Å². The molecule has 0 heterocycles. The molecule has 0 fully saturated rings. The van der Waals surface area contributed by atoms with Crippen molar-refractivity contribution >= 4 is 39.5 Å². The molecule has 0 saturated heterocycles. The number of aliphatic hydroxyl groups excluding tert-OH is 1. The molecule has 0 aliphatic carbocycles. The van der Waals surface area contributed by atoms with Gasteiger partial charge in [0.2, 0.25) is 0 Å². The van der Waals surface area contributed by atoms with Crippen molar-refractivity contribution in [2.75, 3.05) is 39.6 Å². The van der Waals surface area contributed by atoms with E-state index in [4.69, 9.17) is 37.0 Å². The molecule has 0 bridgehead atoms. The molecule has 3 unspecified atom stereocenters. The highest BCUT2D eigenvalue weighted by molar-refractivity contribution is 7.47. The number of phosphoric acid groups is 2. The Kier molecular flexibility index (Phi) is 74.1. The highest BCUT2D eigenvalue weighted by Gasteiger charge is 2.30. The number of rotatable bonds is 83. The molecular weight excluding hydrogens is 1340 g/mol. The van der Waals surface area contributed by atoms with Gasteiger partial charge in [0, 0.05) is 25.7 Å². The highest BCUT2D eigenvalue weighted by Crippen LogP contribution is 2.45. The summed E-state index contributed by atoms with van der Waals surface area (Å²) >= 11 is 0. The molecule has 17 nitrogen and oxygen atoms in total. The van der Waals surface area contributed by atoms with Crippen LogP contribution in [0.4, 0.5) is 0 Å². The van der Waals surface area contributed by atoms with Crippen LogP contribution in [0.1, 0.15) is 446 Å². The second-order valence-electron chi connectivity index (χ2n) is 30.9. The van der Waals surface area contributed by atoms with Gasteiger partial charge in [0.25, 0.3) is 0 Å². The molecule has 0 aromatic carbocycles. The third-order valence-corrected chi connectivity index (χ3v) is 22.0. The average molecular weight is 1510 g/mol. The average Bonchev–Trinajstić information content (AvgIpc) is 0.918. The van der Waals surface area contributed by atoms with Gasteiger partial charge < -0.3 is 33.8 Å². The van der Waals surface area contributed by atoms with Gasteiger partial charge in [-0.25, -0.2) is 9.13 Å². The standard InChI is InChI=1S/C84H164O17P2/c1-7-10-12-14-16-18-20-22-24-26-28-30-32-34-39-43-47-54-60-66-81(86)94-72-79(100-83(88)68-62-56-48-44-40-35-33-31-29-27-25-23-21-19-17-15-13-11-8-2)74-98-102(90,91)96-70-78(85)71-97-103(92,93)99-75-80(73-95-82(87)67-61-55-51-50-53-59-65-77(6)9-3)101-84(89)69-63-57-49-45-41-37-36-38-42-46-52-58-64-76(4)5/h76-80,85H,7-75H2,1-6H3,(H,90,91)(H,92,93)/t77?,78-,79-,80-/m1/s1. The van der Waals surface area contributed by atoms with Crippen molar-refractivity contribution in [3.05, 3.63) is 0 Å². The molecule has 6 atom stereocenters. The van der Waals surface area contributed by atoms with E-state index in [2.05, 4.69) is 41.5 Å². The smallest absolute Gasteiger partial charge is 0.462 e. The van der Waals surface area contributed by atoms with Gasteiger partial charge in [-0.2, -0.15) is 0 Å². The first-order valence-electron chi connectivity index (χ1n) is 43.5. The van der Waals surface area contributed by atoms with Crippen LogP contribution in [0.3, 0.4) is 0 Å². The molecule has 0 radical (unpaired) electrons. The second-order valence-corrected chi connectivity index (χ2v) is 33.8.